The number of aromatic nitrogens is 2. The molecule has 3 heterocycles. The van der Waals surface area contributed by atoms with Gasteiger partial charge in [-0.3, -0.25) is 14.2 Å². The molecule has 130 valence electrons. The summed E-state index contributed by atoms with van der Waals surface area (Å²) in [6, 6.07) is 9.80. The minimum absolute atomic E-state index is 0.00442. The van der Waals surface area contributed by atoms with Gasteiger partial charge >= 0.3 is 0 Å². The van der Waals surface area contributed by atoms with Crippen LogP contribution in [0.4, 0.5) is 0 Å². The minimum atomic E-state index is -0.170. The van der Waals surface area contributed by atoms with Crippen LogP contribution in [0, 0.1) is 13.8 Å². The van der Waals surface area contributed by atoms with Crippen LogP contribution in [-0.2, 0) is 6.54 Å². The SMILES string of the molecule is Cc1ccc(-c2csc3ncn(CC(=O)c4cccs4)c(=O)c23)c(C)c1. The number of nitrogens with zero attached hydrogens (tertiary/aromatic N) is 2. The molecule has 4 aromatic rings. The molecule has 26 heavy (non-hydrogen) atoms. The molecule has 0 spiro atoms. The third-order valence-corrected chi connectivity index (χ3v) is 6.14. The molecule has 0 fully saturated rings. The van der Waals surface area contributed by atoms with Gasteiger partial charge in [0.2, 0.25) is 0 Å². The molecule has 0 saturated heterocycles. The Morgan fingerprint density at radius 3 is 2.73 bits per heavy atom. The summed E-state index contributed by atoms with van der Waals surface area (Å²) in [5, 5.41) is 4.42. The third kappa shape index (κ3) is 2.91. The largest absolute Gasteiger partial charge is 0.291 e. The molecule has 0 aliphatic carbocycles. The van der Waals surface area contributed by atoms with Gasteiger partial charge in [0.1, 0.15) is 4.83 Å². The lowest BCUT2D eigenvalue weighted by Gasteiger charge is -2.07. The molecule has 0 bridgehead atoms. The first-order valence-electron chi connectivity index (χ1n) is 8.15. The van der Waals surface area contributed by atoms with Crippen LogP contribution in [0.3, 0.4) is 0 Å². The van der Waals surface area contributed by atoms with E-state index in [4.69, 9.17) is 0 Å². The van der Waals surface area contributed by atoms with Gasteiger partial charge in [0.05, 0.1) is 23.1 Å². The van der Waals surface area contributed by atoms with E-state index in [-0.39, 0.29) is 17.9 Å². The summed E-state index contributed by atoms with van der Waals surface area (Å²) in [5.74, 6) is -0.0773. The van der Waals surface area contributed by atoms with Crippen molar-refractivity contribution in [3.05, 3.63) is 73.8 Å². The molecule has 4 rings (SSSR count). The lowest BCUT2D eigenvalue weighted by atomic mass is 9.99. The van der Waals surface area contributed by atoms with Crippen molar-refractivity contribution in [1.29, 1.82) is 0 Å². The van der Waals surface area contributed by atoms with Crippen LogP contribution in [0.15, 0.2) is 52.2 Å². The Hall–Kier alpha value is -2.57. The van der Waals surface area contributed by atoms with Crippen molar-refractivity contribution >= 4 is 38.7 Å². The Morgan fingerprint density at radius 2 is 2.00 bits per heavy atom. The van der Waals surface area contributed by atoms with Gasteiger partial charge in [0.25, 0.3) is 5.56 Å². The molecule has 1 aromatic carbocycles. The second kappa shape index (κ2) is 6.63. The van der Waals surface area contributed by atoms with E-state index < -0.39 is 0 Å². The predicted molar refractivity (Wildman–Crippen MR) is 107 cm³/mol. The van der Waals surface area contributed by atoms with Gasteiger partial charge in [-0.2, -0.15) is 0 Å². The van der Waals surface area contributed by atoms with Crippen LogP contribution in [0.1, 0.15) is 20.8 Å². The van der Waals surface area contributed by atoms with Gasteiger partial charge in [0.15, 0.2) is 5.78 Å². The summed E-state index contributed by atoms with van der Waals surface area (Å²) in [5.41, 5.74) is 4.05. The second-order valence-corrected chi connectivity index (χ2v) is 8.03. The Bertz CT molecular complexity index is 1170. The first-order valence-corrected chi connectivity index (χ1v) is 9.91. The number of thiophene rings is 2. The molecule has 4 nitrogen and oxygen atoms in total. The molecule has 6 heteroatoms. The molecule has 0 atom stereocenters. The molecule has 0 aliphatic rings. The van der Waals surface area contributed by atoms with Gasteiger partial charge in [-0.05, 0) is 36.4 Å². The monoisotopic (exact) mass is 380 g/mol. The number of ketones is 1. The van der Waals surface area contributed by atoms with E-state index in [9.17, 15) is 9.59 Å². The molecular formula is C20H16N2O2S2. The maximum Gasteiger partial charge on any atom is 0.263 e. The highest BCUT2D eigenvalue weighted by atomic mass is 32.1. The van der Waals surface area contributed by atoms with Gasteiger partial charge in [-0.1, -0.05) is 29.8 Å². The van der Waals surface area contributed by atoms with E-state index >= 15 is 0 Å². The number of hydrogen-bond acceptors (Lipinski definition) is 5. The first kappa shape index (κ1) is 16.9. The van der Waals surface area contributed by atoms with Crippen molar-refractivity contribution in [2.75, 3.05) is 0 Å². The zero-order valence-corrected chi connectivity index (χ0v) is 16.0. The molecular weight excluding hydrogens is 364 g/mol. The van der Waals surface area contributed by atoms with Crippen LogP contribution in [-0.4, -0.2) is 15.3 Å². The average molecular weight is 380 g/mol. The van der Waals surface area contributed by atoms with Crippen LogP contribution in [0.25, 0.3) is 21.3 Å². The fourth-order valence-corrected chi connectivity index (χ4v) is 4.62. The van der Waals surface area contributed by atoms with Crippen molar-refractivity contribution in [3.8, 4) is 11.1 Å². The summed E-state index contributed by atoms with van der Waals surface area (Å²) in [7, 11) is 0. The zero-order valence-electron chi connectivity index (χ0n) is 14.4. The highest BCUT2D eigenvalue weighted by Crippen LogP contribution is 2.33. The lowest BCUT2D eigenvalue weighted by molar-refractivity contribution is 0.0974. The zero-order chi connectivity index (χ0) is 18.3. The topological polar surface area (TPSA) is 52.0 Å². The summed E-state index contributed by atoms with van der Waals surface area (Å²) >= 11 is 2.84. The smallest absolute Gasteiger partial charge is 0.263 e. The molecule has 3 aromatic heterocycles. The number of aryl methyl sites for hydroxylation is 2. The van der Waals surface area contributed by atoms with E-state index in [0.717, 1.165) is 16.7 Å². The molecule has 0 unspecified atom stereocenters. The summed E-state index contributed by atoms with van der Waals surface area (Å²) in [4.78, 5) is 31.2. The van der Waals surface area contributed by atoms with Crippen LogP contribution in [0.5, 0.6) is 0 Å². The van der Waals surface area contributed by atoms with Crippen molar-refractivity contribution in [2.24, 2.45) is 0 Å². The highest BCUT2D eigenvalue weighted by Gasteiger charge is 2.16. The van der Waals surface area contributed by atoms with E-state index in [1.54, 1.807) is 6.07 Å². The number of fused-ring (bicyclic) bond motifs is 1. The van der Waals surface area contributed by atoms with Crippen LogP contribution in [0.2, 0.25) is 0 Å². The number of hydrogen-bond donors (Lipinski definition) is 0. The van der Waals surface area contributed by atoms with E-state index in [1.165, 1.54) is 39.1 Å². The predicted octanol–water partition coefficient (Wildman–Crippen LogP) is 4.69. The molecule has 0 saturated carbocycles. The summed E-state index contributed by atoms with van der Waals surface area (Å²) in [6.45, 7) is 4.10. The van der Waals surface area contributed by atoms with Gasteiger partial charge < -0.3 is 0 Å². The highest BCUT2D eigenvalue weighted by molar-refractivity contribution is 7.17. The molecule has 0 amide bonds. The molecule has 0 N–H and O–H groups in total. The van der Waals surface area contributed by atoms with Crippen molar-refractivity contribution < 1.29 is 4.79 Å². The van der Waals surface area contributed by atoms with Crippen molar-refractivity contribution in [1.82, 2.24) is 9.55 Å². The Kier molecular flexibility index (Phi) is 4.30. The van der Waals surface area contributed by atoms with Crippen LogP contribution < -0.4 is 5.56 Å². The standard InChI is InChI=1S/C20H16N2O2S2/c1-12-5-6-14(13(2)8-12)15-10-26-19-18(15)20(24)22(11-21-19)9-16(23)17-4-3-7-25-17/h3-8,10-11H,9H2,1-2H3. The minimum Gasteiger partial charge on any atom is -0.291 e. The van der Waals surface area contributed by atoms with Crippen molar-refractivity contribution in [3.63, 3.8) is 0 Å². The number of rotatable bonds is 4. The number of Topliss-reactive ketones (excluding diaryl/α,β-unsaturated/α-hetero) is 1. The second-order valence-electron chi connectivity index (χ2n) is 6.23. The Balaban J connectivity index is 1.82. The molecule has 0 aliphatic heterocycles. The van der Waals surface area contributed by atoms with Crippen molar-refractivity contribution in [2.45, 2.75) is 20.4 Å². The fraction of sp³-hybridized carbons (Fsp3) is 0.150. The maximum atomic E-state index is 13.0. The Labute approximate surface area is 158 Å². The van der Waals surface area contributed by atoms with Gasteiger partial charge in [0, 0.05) is 10.9 Å². The maximum absolute atomic E-state index is 13.0. The summed E-state index contributed by atoms with van der Waals surface area (Å²) in [6.07, 6.45) is 1.47. The van der Waals surface area contributed by atoms with Gasteiger partial charge in [-0.25, -0.2) is 4.98 Å². The van der Waals surface area contributed by atoms with E-state index in [0.29, 0.717) is 15.1 Å². The van der Waals surface area contributed by atoms with Gasteiger partial charge in [-0.15, -0.1) is 22.7 Å². The molecule has 0 radical (unpaired) electrons. The fourth-order valence-electron chi connectivity index (χ4n) is 3.06. The lowest BCUT2D eigenvalue weighted by Crippen LogP contribution is -2.24. The number of carbonyl (C=O) groups is 1. The summed E-state index contributed by atoms with van der Waals surface area (Å²) < 4.78 is 1.41. The Morgan fingerprint density at radius 1 is 1.15 bits per heavy atom. The average Bonchev–Trinajstić information content (AvgIpc) is 3.27. The number of carbonyl (C=O) groups excluding carboxylic acids is 1. The van der Waals surface area contributed by atoms with E-state index in [1.807, 2.05) is 42.8 Å². The third-order valence-electron chi connectivity index (χ3n) is 4.34. The van der Waals surface area contributed by atoms with E-state index in [2.05, 4.69) is 11.1 Å². The normalized spacial score (nSPS) is 11.2. The quantitative estimate of drug-likeness (QED) is 0.483. The number of benzene rings is 1. The first-order chi connectivity index (χ1) is 12.5. The van der Waals surface area contributed by atoms with Crippen LogP contribution >= 0.6 is 22.7 Å².